The lowest BCUT2D eigenvalue weighted by Crippen LogP contribution is -2.04. The molecular formula is C30H42F2O2. The Kier molecular flexibility index (Phi) is 10.8. The number of ether oxygens (including phenoxy) is 2. The highest BCUT2D eigenvalue weighted by atomic mass is 19.3. The number of hydrogen-bond acceptors (Lipinski definition) is 2. The number of alkyl halides is 2. The van der Waals surface area contributed by atoms with Crippen molar-refractivity contribution in [1.29, 1.82) is 0 Å². The summed E-state index contributed by atoms with van der Waals surface area (Å²) in [6, 6.07) is 15.6. The minimum absolute atomic E-state index is 0.145. The number of benzene rings is 2. The van der Waals surface area contributed by atoms with E-state index >= 15 is 0 Å². The van der Waals surface area contributed by atoms with E-state index in [-0.39, 0.29) is 6.61 Å². The number of rotatable bonds is 17. The van der Waals surface area contributed by atoms with Gasteiger partial charge in [-0.2, -0.15) is 0 Å². The van der Waals surface area contributed by atoms with Crippen molar-refractivity contribution in [2.24, 2.45) is 5.92 Å². The third kappa shape index (κ3) is 7.80. The molecule has 0 aromatic heterocycles. The molecule has 0 N–H and O–H groups in total. The fraction of sp³-hybridized carbons (Fsp3) is 0.600. The number of unbranched alkanes of at least 4 members (excludes halogenated alkanes) is 8. The summed E-state index contributed by atoms with van der Waals surface area (Å²) >= 11 is 0. The fourth-order valence-corrected chi connectivity index (χ4v) is 4.59. The van der Waals surface area contributed by atoms with Crippen LogP contribution in [0.2, 0.25) is 0 Å². The Balaban J connectivity index is 1.43. The molecule has 1 aliphatic carbocycles. The van der Waals surface area contributed by atoms with E-state index in [9.17, 15) is 8.78 Å². The molecule has 0 bridgehead atoms. The van der Waals surface area contributed by atoms with Crippen molar-refractivity contribution in [3.8, 4) is 16.9 Å². The second-order valence-corrected chi connectivity index (χ2v) is 9.66. The lowest BCUT2D eigenvalue weighted by molar-refractivity contribution is 0.0524. The molecule has 0 spiro atoms. The Hall–Kier alpha value is -1.94. The van der Waals surface area contributed by atoms with E-state index in [0.29, 0.717) is 12.2 Å². The van der Waals surface area contributed by atoms with Gasteiger partial charge >= 0.3 is 0 Å². The summed E-state index contributed by atoms with van der Waals surface area (Å²) < 4.78 is 40.1. The maximum atomic E-state index is 14.4. The molecule has 1 fully saturated rings. The predicted octanol–water partition coefficient (Wildman–Crippen LogP) is 9.04. The van der Waals surface area contributed by atoms with Gasteiger partial charge in [-0.05, 0) is 41.7 Å². The van der Waals surface area contributed by atoms with Crippen LogP contribution in [0, 0.1) is 5.92 Å². The van der Waals surface area contributed by atoms with Gasteiger partial charge in [-0.25, -0.2) is 8.78 Å². The van der Waals surface area contributed by atoms with E-state index in [2.05, 4.69) is 13.8 Å². The molecule has 0 heterocycles. The van der Waals surface area contributed by atoms with Crippen LogP contribution in [-0.4, -0.2) is 25.7 Å². The average Bonchev–Trinajstić information content (AvgIpc) is 3.41. The lowest BCUT2D eigenvalue weighted by atomic mass is 10.0. The van der Waals surface area contributed by atoms with Crippen LogP contribution in [0.5, 0.6) is 5.75 Å². The van der Waals surface area contributed by atoms with Crippen LogP contribution in [0.3, 0.4) is 0 Å². The summed E-state index contributed by atoms with van der Waals surface area (Å²) in [5.74, 6) is -3.22. The van der Waals surface area contributed by atoms with E-state index in [1.165, 1.54) is 38.5 Å². The lowest BCUT2D eigenvalue weighted by Gasteiger charge is -2.08. The normalized spacial score (nSPS) is 18.7. The zero-order valence-corrected chi connectivity index (χ0v) is 21.0. The van der Waals surface area contributed by atoms with Crippen LogP contribution in [-0.2, 0) is 4.74 Å². The number of halogens is 2. The van der Waals surface area contributed by atoms with Gasteiger partial charge in [0.2, 0.25) is 0 Å². The van der Waals surface area contributed by atoms with Gasteiger partial charge in [0.05, 0.1) is 25.0 Å². The van der Waals surface area contributed by atoms with Crippen molar-refractivity contribution in [2.75, 3.05) is 19.8 Å². The van der Waals surface area contributed by atoms with Crippen LogP contribution in [0.1, 0.15) is 89.5 Å². The first-order valence-corrected chi connectivity index (χ1v) is 13.4. The van der Waals surface area contributed by atoms with Crippen molar-refractivity contribution in [3.63, 3.8) is 0 Å². The van der Waals surface area contributed by atoms with Crippen molar-refractivity contribution in [1.82, 2.24) is 0 Å². The number of hydrogen-bond donors (Lipinski definition) is 0. The summed E-state index contributed by atoms with van der Waals surface area (Å²) in [5, 5.41) is 0. The zero-order chi connectivity index (χ0) is 24.2. The van der Waals surface area contributed by atoms with Gasteiger partial charge in [0.1, 0.15) is 5.75 Å². The first-order chi connectivity index (χ1) is 16.6. The zero-order valence-electron chi connectivity index (χ0n) is 21.0. The Bertz CT molecular complexity index is 817. The highest BCUT2D eigenvalue weighted by Crippen LogP contribution is 2.61. The monoisotopic (exact) mass is 472 g/mol. The van der Waals surface area contributed by atoms with E-state index in [4.69, 9.17) is 9.47 Å². The van der Waals surface area contributed by atoms with E-state index in [0.717, 1.165) is 49.2 Å². The molecule has 0 saturated heterocycles. The van der Waals surface area contributed by atoms with Crippen LogP contribution >= 0.6 is 0 Å². The quantitative estimate of drug-likeness (QED) is 0.214. The predicted molar refractivity (Wildman–Crippen MR) is 137 cm³/mol. The van der Waals surface area contributed by atoms with Gasteiger partial charge in [-0.3, -0.25) is 0 Å². The smallest absolute Gasteiger partial charge is 0.261 e. The van der Waals surface area contributed by atoms with E-state index in [1.807, 2.05) is 48.5 Å². The fourth-order valence-electron chi connectivity index (χ4n) is 4.59. The van der Waals surface area contributed by atoms with Gasteiger partial charge in [0.15, 0.2) is 0 Å². The molecule has 3 rings (SSSR count). The molecular weight excluding hydrogens is 430 g/mol. The second-order valence-electron chi connectivity index (χ2n) is 9.66. The third-order valence-electron chi connectivity index (χ3n) is 6.87. The molecule has 2 aromatic carbocycles. The molecule has 2 atom stereocenters. The largest absolute Gasteiger partial charge is 0.494 e. The van der Waals surface area contributed by atoms with Gasteiger partial charge in [0.25, 0.3) is 5.92 Å². The Morgan fingerprint density at radius 2 is 1.21 bits per heavy atom. The van der Waals surface area contributed by atoms with Crippen LogP contribution in [0.4, 0.5) is 8.78 Å². The van der Waals surface area contributed by atoms with Crippen LogP contribution in [0.15, 0.2) is 48.5 Å². The highest BCUT2D eigenvalue weighted by Gasteiger charge is 2.68. The Labute approximate surface area is 205 Å². The van der Waals surface area contributed by atoms with Crippen LogP contribution in [0.25, 0.3) is 11.1 Å². The third-order valence-corrected chi connectivity index (χ3v) is 6.87. The van der Waals surface area contributed by atoms with Gasteiger partial charge in [0, 0.05) is 6.61 Å². The molecule has 2 aromatic rings. The highest BCUT2D eigenvalue weighted by molar-refractivity contribution is 5.64. The Morgan fingerprint density at radius 1 is 0.676 bits per heavy atom. The molecule has 0 radical (unpaired) electrons. The summed E-state index contributed by atoms with van der Waals surface area (Å²) in [4.78, 5) is 0. The molecule has 0 aliphatic heterocycles. The average molecular weight is 473 g/mol. The SMILES string of the molecule is CCCCCCCCOc1ccc(-c2ccc([C@@H]3[C@@H](COCCCCCC)C3(F)F)cc2)cc1. The molecule has 0 unspecified atom stereocenters. The summed E-state index contributed by atoms with van der Waals surface area (Å²) in [5.41, 5.74) is 2.79. The molecule has 2 nitrogen and oxygen atoms in total. The standard InChI is InChI=1S/C30H42F2O2/c1-3-5-7-9-10-12-22-34-27-19-17-25(18-20-27)24-13-15-26(16-14-24)29-28(30(29,31)32)23-33-21-11-8-6-4-2/h13-20,28-29H,3-12,21-23H2,1-2H3/t28-,29-/m1/s1. The van der Waals surface area contributed by atoms with Crippen molar-refractivity contribution in [3.05, 3.63) is 54.1 Å². The maximum Gasteiger partial charge on any atom is 0.261 e. The first-order valence-electron chi connectivity index (χ1n) is 13.4. The molecule has 1 saturated carbocycles. The van der Waals surface area contributed by atoms with Crippen molar-refractivity contribution < 1.29 is 18.3 Å². The van der Waals surface area contributed by atoms with Gasteiger partial charge in [-0.15, -0.1) is 0 Å². The molecule has 4 heteroatoms. The summed E-state index contributed by atoms with van der Waals surface area (Å²) in [6.07, 6.45) is 11.9. The first kappa shape index (κ1) is 26.7. The van der Waals surface area contributed by atoms with Crippen molar-refractivity contribution in [2.45, 2.75) is 89.9 Å². The second kappa shape index (κ2) is 13.8. The van der Waals surface area contributed by atoms with Gasteiger partial charge in [-0.1, -0.05) is 102 Å². The van der Waals surface area contributed by atoms with E-state index < -0.39 is 17.8 Å². The molecule has 188 valence electrons. The molecule has 0 amide bonds. The summed E-state index contributed by atoms with van der Waals surface area (Å²) in [7, 11) is 0. The van der Waals surface area contributed by atoms with Gasteiger partial charge < -0.3 is 9.47 Å². The molecule has 1 aliphatic rings. The molecule has 34 heavy (non-hydrogen) atoms. The minimum atomic E-state index is -2.67. The Morgan fingerprint density at radius 3 is 1.85 bits per heavy atom. The summed E-state index contributed by atoms with van der Waals surface area (Å²) in [6.45, 7) is 5.86. The maximum absolute atomic E-state index is 14.4. The van der Waals surface area contributed by atoms with E-state index in [1.54, 1.807) is 0 Å². The van der Waals surface area contributed by atoms with Crippen molar-refractivity contribution >= 4 is 0 Å². The van der Waals surface area contributed by atoms with Crippen LogP contribution < -0.4 is 4.74 Å². The minimum Gasteiger partial charge on any atom is -0.494 e. The topological polar surface area (TPSA) is 18.5 Å².